The van der Waals surface area contributed by atoms with E-state index in [2.05, 4.69) is 12.1 Å². The summed E-state index contributed by atoms with van der Waals surface area (Å²) in [4.78, 5) is 11.8. The maximum atomic E-state index is 11.8. The lowest BCUT2D eigenvalue weighted by molar-refractivity contribution is 0.0487. The first-order valence-corrected chi connectivity index (χ1v) is 6.79. The minimum atomic E-state index is -0.316. The molecule has 4 nitrogen and oxygen atoms in total. The molecule has 20 heavy (non-hydrogen) atoms. The molecule has 0 fully saturated rings. The maximum Gasteiger partial charge on any atom is 0.355 e. The van der Waals surface area contributed by atoms with E-state index in [0.29, 0.717) is 18.0 Å². The van der Waals surface area contributed by atoms with Crippen LogP contribution in [-0.4, -0.2) is 17.1 Å². The number of unbranched alkanes of at least 4 members (excludes halogenated alkanes) is 1. The van der Waals surface area contributed by atoms with Gasteiger partial charge in [-0.25, -0.2) is 4.79 Å². The third-order valence-corrected chi connectivity index (χ3v) is 3.17. The van der Waals surface area contributed by atoms with Gasteiger partial charge < -0.3 is 15.0 Å². The van der Waals surface area contributed by atoms with Crippen LogP contribution in [0, 0.1) is 0 Å². The van der Waals surface area contributed by atoms with Gasteiger partial charge in [0.25, 0.3) is 0 Å². The molecule has 0 saturated heterocycles. The quantitative estimate of drug-likeness (QED) is 0.650. The molecule has 0 aliphatic carbocycles. The van der Waals surface area contributed by atoms with Gasteiger partial charge in [-0.2, -0.15) is 0 Å². The Morgan fingerprint density at radius 2 is 2.00 bits per heavy atom. The van der Waals surface area contributed by atoms with E-state index in [1.54, 1.807) is 23.9 Å². The lowest BCUT2D eigenvalue weighted by Crippen LogP contribution is -2.10. The average Bonchev–Trinajstić information content (AvgIpc) is 2.78. The fraction of sp³-hybridized carbons (Fsp3) is 0.312. The number of hydrogen-bond acceptors (Lipinski definition) is 3. The molecule has 0 atom stereocenters. The van der Waals surface area contributed by atoms with Crippen LogP contribution in [0.25, 0.3) is 0 Å². The first kappa shape index (κ1) is 14.2. The number of esters is 1. The first-order valence-electron chi connectivity index (χ1n) is 6.79. The molecule has 0 radical (unpaired) electrons. The molecular weight excluding hydrogens is 252 g/mol. The van der Waals surface area contributed by atoms with Gasteiger partial charge in [0, 0.05) is 13.2 Å². The number of carbonyl (C=O) groups excluding carboxylic acids is 1. The third kappa shape index (κ3) is 3.88. The monoisotopic (exact) mass is 272 g/mol. The van der Waals surface area contributed by atoms with E-state index in [0.717, 1.165) is 19.3 Å². The molecule has 1 aromatic heterocycles. The highest BCUT2D eigenvalue weighted by molar-refractivity contribution is 5.89. The van der Waals surface area contributed by atoms with Crippen molar-refractivity contribution in [1.29, 1.82) is 0 Å². The van der Waals surface area contributed by atoms with Gasteiger partial charge in [0.15, 0.2) is 0 Å². The maximum absolute atomic E-state index is 11.8. The number of nitrogens with two attached hydrogens (primary N) is 1. The predicted molar refractivity (Wildman–Crippen MR) is 79.5 cm³/mol. The number of benzene rings is 1. The zero-order valence-electron chi connectivity index (χ0n) is 11.7. The summed E-state index contributed by atoms with van der Waals surface area (Å²) < 4.78 is 6.93. The summed E-state index contributed by atoms with van der Waals surface area (Å²) in [6, 6.07) is 11.9. The Morgan fingerprint density at radius 1 is 1.25 bits per heavy atom. The largest absolute Gasteiger partial charge is 0.461 e. The SMILES string of the molecule is Cn1cc(N)cc1C(=O)OCCCCc1ccccc1. The van der Waals surface area contributed by atoms with Crippen molar-refractivity contribution in [2.75, 3.05) is 12.3 Å². The van der Waals surface area contributed by atoms with Crippen molar-refractivity contribution < 1.29 is 9.53 Å². The Hall–Kier alpha value is -2.23. The molecular formula is C16H20N2O2. The number of nitrogen functional groups attached to an aromatic ring is 1. The number of aromatic nitrogens is 1. The molecule has 4 heteroatoms. The standard InChI is InChI=1S/C16H20N2O2/c1-18-12-14(17)11-15(18)16(19)20-10-6-5-9-13-7-3-2-4-8-13/h2-4,7-8,11-12H,5-6,9-10,17H2,1H3. The van der Waals surface area contributed by atoms with Gasteiger partial charge in [0.1, 0.15) is 5.69 Å². The number of nitrogens with zero attached hydrogens (tertiary/aromatic N) is 1. The molecule has 2 aromatic rings. The second-order valence-electron chi connectivity index (χ2n) is 4.85. The van der Waals surface area contributed by atoms with Crippen molar-refractivity contribution in [3.8, 4) is 0 Å². The summed E-state index contributed by atoms with van der Waals surface area (Å²) in [6.45, 7) is 0.441. The van der Waals surface area contributed by atoms with Crippen LogP contribution in [0.5, 0.6) is 0 Å². The van der Waals surface area contributed by atoms with Gasteiger partial charge in [-0.3, -0.25) is 0 Å². The van der Waals surface area contributed by atoms with E-state index in [4.69, 9.17) is 10.5 Å². The molecule has 2 rings (SSSR count). The summed E-state index contributed by atoms with van der Waals surface area (Å²) >= 11 is 0. The van der Waals surface area contributed by atoms with Crippen LogP contribution >= 0.6 is 0 Å². The summed E-state index contributed by atoms with van der Waals surface area (Å²) in [5.74, 6) is -0.316. The van der Waals surface area contributed by atoms with Crippen molar-refractivity contribution in [1.82, 2.24) is 4.57 Å². The van der Waals surface area contributed by atoms with E-state index in [-0.39, 0.29) is 5.97 Å². The Morgan fingerprint density at radius 3 is 2.65 bits per heavy atom. The third-order valence-electron chi connectivity index (χ3n) is 3.17. The average molecular weight is 272 g/mol. The molecule has 0 saturated carbocycles. The van der Waals surface area contributed by atoms with Gasteiger partial charge in [-0.05, 0) is 30.9 Å². The molecule has 0 bridgehead atoms. The van der Waals surface area contributed by atoms with Gasteiger partial charge in [-0.15, -0.1) is 0 Å². The molecule has 0 amide bonds. The number of carbonyl (C=O) groups is 1. The Bertz CT molecular complexity index is 561. The predicted octanol–water partition coefficient (Wildman–Crippen LogP) is 2.79. The van der Waals surface area contributed by atoms with Crippen LogP contribution in [0.1, 0.15) is 28.9 Å². The van der Waals surface area contributed by atoms with Crippen LogP contribution < -0.4 is 5.73 Å². The second kappa shape index (κ2) is 6.80. The van der Waals surface area contributed by atoms with Gasteiger partial charge in [0.05, 0.1) is 12.3 Å². The van der Waals surface area contributed by atoms with Crippen LogP contribution in [0.3, 0.4) is 0 Å². The highest BCUT2D eigenvalue weighted by Gasteiger charge is 2.11. The van der Waals surface area contributed by atoms with Crippen LogP contribution in [0.2, 0.25) is 0 Å². The Balaban J connectivity index is 1.68. The lowest BCUT2D eigenvalue weighted by Gasteiger charge is -2.05. The smallest absolute Gasteiger partial charge is 0.355 e. The summed E-state index contributed by atoms with van der Waals surface area (Å²) in [5.41, 5.74) is 8.01. The van der Waals surface area contributed by atoms with Crippen molar-refractivity contribution >= 4 is 11.7 Å². The number of hydrogen-bond donors (Lipinski definition) is 1. The van der Waals surface area contributed by atoms with Gasteiger partial charge in [0.2, 0.25) is 0 Å². The summed E-state index contributed by atoms with van der Waals surface area (Å²) in [6.07, 6.45) is 4.58. The van der Waals surface area contributed by atoms with Crippen molar-refractivity contribution in [3.63, 3.8) is 0 Å². The molecule has 106 valence electrons. The number of anilines is 1. The molecule has 1 aromatic carbocycles. The zero-order chi connectivity index (χ0) is 14.4. The van der Waals surface area contributed by atoms with Crippen molar-refractivity contribution in [2.24, 2.45) is 7.05 Å². The number of aryl methyl sites for hydroxylation is 2. The van der Waals surface area contributed by atoms with Crippen LogP contribution in [0.4, 0.5) is 5.69 Å². The van der Waals surface area contributed by atoms with Crippen LogP contribution in [0.15, 0.2) is 42.6 Å². The lowest BCUT2D eigenvalue weighted by atomic mass is 10.1. The second-order valence-corrected chi connectivity index (χ2v) is 4.85. The van der Waals surface area contributed by atoms with Gasteiger partial charge >= 0.3 is 5.97 Å². The highest BCUT2D eigenvalue weighted by Crippen LogP contribution is 2.10. The fourth-order valence-corrected chi connectivity index (χ4v) is 2.11. The number of ether oxygens (including phenoxy) is 1. The van der Waals surface area contributed by atoms with Crippen LogP contribution in [-0.2, 0) is 18.2 Å². The first-order chi connectivity index (χ1) is 9.66. The van der Waals surface area contributed by atoms with Gasteiger partial charge in [-0.1, -0.05) is 30.3 Å². The molecule has 0 unspecified atom stereocenters. The molecule has 0 aliphatic heterocycles. The van der Waals surface area contributed by atoms with E-state index >= 15 is 0 Å². The molecule has 2 N–H and O–H groups in total. The van der Waals surface area contributed by atoms with E-state index in [1.165, 1.54) is 5.56 Å². The molecule has 1 heterocycles. The summed E-state index contributed by atoms with van der Waals surface area (Å²) in [7, 11) is 1.78. The Labute approximate surface area is 119 Å². The van der Waals surface area contributed by atoms with Crippen molar-refractivity contribution in [3.05, 3.63) is 53.9 Å². The zero-order valence-corrected chi connectivity index (χ0v) is 11.7. The summed E-state index contributed by atoms with van der Waals surface area (Å²) in [5, 5.41) is 0. The molecule has 0 spiro atoms. The minimum Gasteiger partial charge on any atom is -0.461 e. The molecule has 0 aliphatic rings. The van der Waals surface area contributed by atoms with E-state index in [1.807, 2.05) is 18.2 Å². The fourth-order valence-electron chi connectivity index (χ4n) is 2.11. The topological polar surface area (TPSA) is 57.2 Å². The minimum absolute atomic E-state index is 0.316. The number of rotatable bonds is 6. The Kier molecular flexibility index (Phi) is 4.82. The van der Waals surface area contributed by atoms with E-state index in [9.17, 15) is 4.79 Å². The normalized spacial score (nSPS) is 10.4. The van der Waals surface area contributed by atoms with E-state index < -0.39 is 0 Å². The highest BCUT2D eigenvalue weighted by atomic mass is 16.5. The van der Waals surface area contributed by atoms with Crippen molar-refractivity contribution in [2.45, 2.75) is 19.3 Å².